The molecule has 7 heteroatoms. The number of pyridine rings is 1. The van der Waals surface area contributed by atoms with Crippen molar-refractivity contribution in [2.24, 2.45) is 0 Å². The van der Waals surface area contributed by atoms with Crippen LogP contribution >= 0.6 is 11.8 Å². The Morgan fingerprint density at radius 1 is 1.39 bits per heavy atom. The SMILES string of the molecule is CSCCC(NC(=O)c1ccoc1C)c1nnc2ccccn12. The van der Waals surface area contributed by atoms with Crippen LogP contribution in [0, 0.1) is 6.92 Å². The van der Waals surface area contributed by atoms with Gasteiger partial charge in [-0.2, -0.15) is 11.8 Å². The normalized spacial score (nSPS) is 12.4. The molecule has 0 fully saturated rings. The average Bonchev–Trinajstić information content (AvgIpc) is 3.17. The molecule has 6 nitrogen and oxygen atoms in total. The zero-order valence-corrected chi connectivity index (χ0v) is 13.8. The molecular weight excluding hydrogens is 312 g/mol. The lowest BCUT2D eigenvalue weighted by Crippen LogP contribution is -2.30. The van der Waals surface area contributed by atoms with Gasteiger partial charge in [0.15, 0.2) is 11.5 Å². The minimum absolute atomic E-state index is 0.157. The highest BCUT2D eigenvalue weighted by atomic mass is 32.2. The maximum atomic E-state index is 12.5. The summed E-state index contributed by atoms with van der Waals surface area (Å²) >= 11 is 1.73. The summed E-state index contributed by atoms with van der Waals surface area (Å²) in [5, 5.41) is 11.5. The van der Waals surface area contributed by atoms with Crippen LogP contribution in [0.2, 0.25) is 0 Å². The van der Waals surface area contributed by atoms with Crippen molar-refractivity contribution in [3.05, 3.63) is 53.9 Å². The number of nitrogens with one attached hydrogen (secondary N) is 1. The molecule has 1 N–H and O–H groups in total. The van der Waals surface area contributed by atoms with E-state index in [1.54, 1.807) is 24.8 Å². The molecule has 3 heterocycles. The molecule has 1 amide bonds. The van der Waals surface area contributed by atoms with Crippen LogP contribution in [-0.4, -0.2) is 32.5 Å². The van der Waals surface area contributed by atoms with Crippen LogP contribution in [0.4, 0.5) is 0 Å². The smallest absolute Gasteiger partial charge is 0.255 e. The molecule has 120 valence electrons. The number of aromatic nitrogens is 3. The van der Waals surface area contributed by atoms with E-state index in [1.165, 1.54) is 6.26 Å². The molecule has 0 aromatic carbocycles. The number of hydrogen-bond acceptors (Lipinski definition) is 5. The summed E-state index contributed by atoms with van der Waals surface area (Å²) < 4.78 is 7.12. The van der Waals surface area contributed by atoms with E-state index in [0.29, 0.717) is 11.3 Å². The Bertz CT molecular complexity index is 811. The first-order valence-corrected chi connectivity index (χ1v) is 8.73. The Morgan fingerprint density at radius 3 is 3.00 bits per heavy atom. The molecule has 0 saturated heterocycles. The topological polar surface area (TPSA) is 72.4 Å². The number of carbonyl (C=O) groups excluding carboxylic acids is 1. The molecule has 0 radical (unpaired) electrons. The highest BCUT2D eigenvalue weighted by molar-refractivity contribution is 7.98. The lowest BCUT2D eigenvalue weighted by Gasteiger charge is -2.16. The maximum Gasteiger partial charge on any atom is 0.255 e. The van der Waals surface area contributed by atoms with Crippen LogP contribution < -0.4 is 5.32 Å². The predicted molar refractivity (Wildman–Crippen MR) is 89.6 cm³/mol. The summed E-state index contributed by atoms with van der Waals surface area (Å²) in [5.74, 6) is 2.10. The number of aryl methyl sites for hydroxylation is 1. The Kier molecular flexibility index (Phi) is 4.66. The number of nitrogens with zero attached hydrogens (tertiary/aromatic N) is 3. The number of hydrogen-bond donors (Lipinski definition) is 1. The number of rotatable bonds is 6. The summed E-state index contributed by atoms with van der Waals surface area (Å²) in [7, 11) is 0. The second-order valence-corrected chi connectivity index (χ2v) is 6.17. The van der Waals surface area contributed by atoms with E-state index in [-0.39, 0.29) is 11.9 Å². The van der Waals surface area contributed by atoms with Crippen molar-refractivity contribution >= 4 is 23.3 Å². The number of amides is 1. The average molecular weight is 330 g/mol. The van der Waals surface area contributed by atoms with Gasteiger partial charge >= 0.3 is 0 Å². The molecule has 0 aliphatic rings. The number of thioether (sulfide) groups is 1. The number of carbonyl (C=O) groups is 1. The van der Waals surface area contributed by atoms with E-state index in [9.17, 15) is 4.79 Å². The quantitative estimate of drug-likeness (QED) is 0.752. The molecule has 0 bridgehead atoms. The molecule has 3 aromatic heterocycles. The number of furan rings is 1. The van der Waals surface area contributed by atoms with Crippen LogP contribution in [0.1, 0.15) is 34.4 Å². The molecule has 3 rings (SSSR count). The predicted octanol–water partition coefficient (Wildman–Crippen LogP) is 2.85. The van der Waals surface area contributed by atoms with Crippen LogP contribution in [0.25, 0.3) is 5.65 Å². The molecule has 1 atom stereocenters. The van der Waals surface area contributed by atoms with Gasteiger partial charge < -0.3 is 9.73 Å². The van der Waals surface area contributed by atoms with Crippen molar-refractivity contribution in [2.45, 2.75) is 19.4 Å². The van der Waals surface area contributed by atoms with Gasteiger partial charge in [-0.15, -0.1) is 10.2 Å². The first kappa shape index (κ1) is 15.6. The molecule has 3 aromatic rings. The minimum Gasteiger partial charge on any atom is -0.469 e. The molecule has 0 saturated carbocycles. The van der Waals surface area contributed by atoms with Gasteiger partial charge in [0.1, 0.15) is 5.76 Å². The van der Waals surface area contributed by atoms with Crippen molar-refractivity contribution in [2.75, 3.05) is 12.0 Å². The van der Waals surface area contributed by atoms with E-state index in [1.807, 2.05) is 35.1 Å². The third kappa shape index (κ3) is 3.24. The second kappa shape index (κ2) is 6.87. The van der Waals surface area contributed by atoms with Crippen molar-refractivity contribution in [1.29, 1.82) is 0 Å². The van der Waals surface area contributed by atoms with Crippen LogP contribution in [0.3, 0.4) is 0 Å². The fourth-order valence-corrected chi connectivity index (χ4v) is 2.93. The standard InChI is InChI=1S/C16H18N4O2S/c1-11-12(6-9-22-11)16(21)17-13(7-10-23-2)15-19-18-14-5-3-4-8-20(14)15/h3-6,8-9,13H,7,10H2,1-2H3,(H,17,21). The zero-order valence-electron chi connectivity index (χ0n) is 13.0. The van der Waals surface area contributed by atoms with Gasteiger partial charge in [0.25, 0.3) is 5.91 Å². The highest BCUT2D eigenvalue weighted by Crippen LogP contribution is 2.19. The van der Waals surface area contributed by atoms with Gasteiger partial charge in [-0.25, -0.2) is 0 Å². The van der Waals surface area contributed by atoms with Gasteiger partial charge in [-0.3, -0.25) is 9.20 Å². The minimum atomic E-state index is -0.207. The fraction of sp³-hybridized carbons (Fsp3) is 0.312. The Labute approximate surface area is 138 Å². The molecular formula is C16H18N4O2S. The Balaban J connectivity index is 1.89. The maximum absolute atomic E-state index is 12.5. The van der Waals surface area contributed by atoms with Crippen molar-refractivity contribution in [1.82, 2.24) is 19.9 Å². The summed E-state index contributed by atoms with van der Waals surface area (Å²) in [6, 6.07) is 7.20. The zero-order chi connectivity index (χ0) is 16.2. The molecule has 1 unspecified atom stereocenters. The van der Waals surface area contributed by atoms with Gasteiger partial charge in [-0.1, -0.05) is 6.07 Å². The van der Waals surface area contributed by atoms with Crippen LogP contribution in [0.5, 0.6) is 0 Å². The van der Waals surface area contributed by atoms with Crippen LogP contribution in [0.15, 0.2) is 41.1 Å². The molecule has 23 heavy (non-hydrogen) atoms. The Hall–Kier alpha value is -2.28. The van der Waals surface area contributed by atoms with Gasteiger partial charge in [-0.05, 0) is 43.6 Å². The Morgan fingerprint density at radius 2 is 2.26 bits per heavy atom. The number of fused-ring (bicyclic) bond motifs is 1. The fourth-order valence-electron chi connectivity index (χ4n) is 2.46. The first-order valence-electron chi connectivity index (χ1n) is 7.34. The molecule has 0 spiro atoms. The molecule has 0 aliphatic heterocycles. The first-order chi connectivity index (χ1) is 11.2. The van der Waals surface area contributed by atoms with E-state index in [2.05, 4.69) is 15.5 Å². The third-order valence-electron chi connectivity index (χ3n) is 3.67. The van der Waals surface area contributed by atoms with Gasteiger partial charge in [0, 0.05) is 6.20 Å². The van der Waals surface area contributed by atoms with Gasteiger partial charge in [0.2, 0.25) is 0 Å². The summed E-state index contributed by atoms with van der Waals surface area (Å²) in [5.41, 5.74) is 1.32. The van der Waals surface area contributed by atoms with E-state index in [0.717, 1.165) is 23.6 Å². The van der Waals surface area contributed by atoms with E-state index in [4.69, 9.17) is 4.42 Å². The van der Waals surface area contributed by atoms with E-state index < -0.39 is 0 Å². The third-order valence-corrected chi connectivity index (χ3v) is 4.32. The van der Waals surface area contributed by atoms with Crippen molar-refractivity contribution in [3.8, 4) is 0 Å². The monoisotopic (exact) mass is 330 g/mol. The van der Waals surface area contributed by atoms with E-state index >= 15 is 0 Å². The lowest BCUT2D eigenvalue weighted by molar-refractivity contribution is 0.0932. The molecule has 0 aliphatic carbocycles. The largest absolute Gasteiger partial charge is 0.469 e. The van der Waals surface area contributed by atoms with Crippen LogP contribution in [-0.2, 0) is 0 Å². The summed E-state index contributed by atoms with van der Waals surface area (Å²) in [6.07, 6.45) is 6.25. The second-order valence-electron chi connectivity index (χ2n) is 5.19. The van der Waals surface area contributed by atoms with Crippen molar-refractivity contribution < 1.29 is 9.21 Å². The summed E-state index contributed by atoms with van der Waals surface area (Å²) in [4.78, 5) is 12.5. The summed E-state index contributed by atoms with van der Waals surface area (Å²) in [6.45, 7) is 1.78. The van der Waals surface area contributed by atoms with Crippen molar-refractivity contribution in [3.63, 3.8) is 0 Å². The highest BCUT2D eigenvalue weighted by Gasteiger charge is 2.22. The van der Waals surface area contributed by atoms with Gasteiger partial charge in [0.05, 0.1) is 17.9 Å². The lowest BCUT2D eigenvalue weighted by atomic mass is 10.1.